The summed E-state index contributed by atoms with van der Waals surface area (Å²) in [5.41, 5.74) is 3.68. The molecule has 0 unspecified atom stereocenters. The van der Waals surface area contributed by atoms with Crippen molar-refractivity contribution in [3.05, 3.63) is 88.7 Å². The highest BCUT2D eigenvalue weighted by molar-refractivity contribution is 6.30. The van der Waals surface area contributed by atoms with Gasteiger partial charge < -0.3 is 10.6 Å². The molecule has 6 heteroatoms. The van der Waals surface area contributed by atoms with Crippen LogP contribution in [0.25, 0.3) is 10.9 Å². The first-order chi connectivity index (χ1) is 13.6. The molecule has 0 saturated carbocycles. The van der Waals surface area contributed by atoms with E-state index in [1.54, 1.807) is 12.1 Å². The summed E-state index contributed by atoms with van der Waals surface area (Å²) in [5, 5.41) is 8.15. The van der Waals surface area contributed by atoms with Gasteiger partial charge in [0.15, 0.2) is 0 Å². The lowest BCUT2D eigenvalue weighted by molar-refractivity contribution is 0.627. The SMILES string of the molecule is Cc1ccc(Cl)cc1Nc1nc(NCc2ccc(F)cc2)c2ccccc2n1. The molecule has 0 fully saturated rings. The fourth-order valence-electron chi connectivity index (χ4n) is 2.90. The van der Waals surface area contributed by atoms with Gasteiger partial charge in [-0.25, -0.2) is 9.37 Å². The van der Waals surface area contributed by atoms with Crippen molar-refractivity contribution in [2.24, 2.45) is 0 Å². The lowest BCUT2D eigenvalue weighted by Crippen LogP contribution is -2.06. The standard InChI is InChI=1S/C22H18ClFN4/c1-14-6-9-16(23)12-20(14)27-22-26-19-5-3-2-4-18(19)21(28-22)25-13-15-7-10-17(24)11-8-15/h2-12H,13H2,1H3,(H2,25,26,27,28). The third kappa shape index (κ3) is 4.05. The Morgan fingerprint density at radius 1 is 0.964 bits per heavy atom. The summed E-state index contributed by atoms with van der Waals surface area (Å²) >= 11 is 6.12. The zero-order valence-electron chi connectivity index (χ0n) is 15.2. The van der Waals surface area contributed by atoms with Crippen LogP contribution in [0.15, 0.2) is 66.7 Å². The van der Waals surface area contributed by atoms with Crippen LogP contribution in [0.5, 0.6) is 0 Å². The minimum atomic E-state index is -0.250. The average Bonchev–Trinajstić information content (AvgIpc) is 2.70. The predicted octanol–water partition coefficient (Wildman–Crippen LogP) is 6.09. The molecule has 1 aromatic heterocycles. The maximum Gasteiger partial charge on any atom is 0.229 e. The van der Waals surface area contributed by atoms with Crippen LogP contribution in [-0.4, -0.2) is 9.97 Å². The van der Waals surface area contributed by atoms with Crippen molar-refractivity contribution in [1.29, 1.82) is 0 Å². The van der Waals surface area contributed by atoms with Gasteiger partial charge >= 0.3 is 0 Å². The van der Waals surface area contributed by atoms with Gasteiger partial charge in [0.1, 0.15) is 11.6 Å². The molecule has 28 heavy (non-hydrogen) atoms. The fraction of sp³-hybridized carbons (Fsp3) is 0.0909. The van der Waals surface area contributed by atoms with Crippen LogP contribution in [-0.2, 0) is 6.54 Å². The number of aromatic nitrogens is 2. The number of para-hydroxylation sites is 1. The summed E-state index contributed by atoms with van der Waals surface area (Å²) in [6.45, 7) is 2.52. The van der Waals surface area contributed by atoms with Gasteiger partial charge in [-0.05, 0) is 54.4 Å². The second-order valence-corrected chi connectivity index (χ2v) is 6.91. The van der Waals surface area contributed by atoms with Gasteiger partial charge in [-0.1, -0.05) is 41.9 Å². The van der Waals surface area contributed by atoms with E-state index in [9.17, 15) is 4.39 Å². The molecule has 4 aromatic rings. The van der Waals surface area contributed by atoms with Crippen LogP contribution in [0.1, 0.15) is 11.1 Å². The Bertz CT molecular complexity index is 1130. The monoisotopic (exact) mass is 392 g/mol. The average molecular weight is 393 g/mol. The Hall–Kier alpha value is -3.18. The molecule has 0 spiro atoms. The highest BCUT2D eigenvalue weighted by Gasteiger charge is 2.09. The predicted molar refractivity (Wildman–Crippen MR) is 113 cm³/mol. The maximum absolute atomic E-state index is 13.1. The van der Waals surface area contributed by atoms with Crippen LogP contribution in [0.4, 0.5) is 21.8 Å². The van der Waals surface area contributed by atoms with Gasteiger partial charge in [-0.3, -0.25) is 0 Å². The molecule has 4 rings (SSSR count). The van der Waals surface area contributed by atoms with Gasteiger partial charge in [0.25, 0.3) is 0 Å². The van der Waals surface area contributed by atoms with Crippen molar-refractivity contribution in [3.63, 3.8) is 0 Å². The molecule has 0 aliphatic heterocycles. The largest absolute Gasteiger partial charge is 0.365 e. The first kappa shape index (κ1) is 18.2. The van der Waals surface area contributed by atoms with Crippen molar-refractivity contribution in [1.82, 2.24) is 9.97 Å². The summed E-state index contributed by atoms with van der Waals surface area (Å²) in [6, 6.07) is 19.8. The number of hydrogen-bond donors (Lipinski definition) is 2. The van der Waals surface area contributed by atoms with Gasteiger partial charge in [0.2, 0.25) is 5.95 Å². The number of halogens is 2. The zero-order valence-corrected chi connectivity index (χ0v) is 16.0. The van der Waals surface area contributed by atoms with E-state index in [1.807, 2.05) is 49.4 Å². The van der Waals surface area contributed by atoms with Crippen molar-refractivity contribution in [2.45, 2.75) is 13.5 Å². The summed E-state index contributed by atoms with van der Waals surface area (Å²) in [5.74, 6) is 0.933. The highest BCUT2D eigenvalue weighted by Crippen LogP contribution is 2.26. The fourth-order valence-corrected chi connectivity index (χ4v) is 3.08. The number of nitrogens with one attached hydrogen (secondary N) is 2. The van der Waals surface area contributed by atoms with Crippen LogP contribution in [0, 0.1) is 12.7 Å². The zero-order chi connectivity index (χ0) is 19.5. The number of fused-ring (bicyclic) bond motifs is 1. The molecule has 0 bridgehead atoms. The summed E-state index contributed by atoms with van der Waals surface area (Å²) in [7, 11) is 0. The van der Waals surface area contributed by atoms with E-state index < -0.39 is 0 Å². The van der Waals surface area contributed by atoms with Crippen LogP contribution < -0.4 is 10.6 Å². The van der Waals surface area contributed by atoms with E-state index in [1.165, 1.54) is 12.1 Å². The molecule has 0 atom stereocenters. The molecule has 140 valence electrons. The molecule has 0 saturated heterocycles. The molecule has 1 heterocycles. The summed E-state index contributed by atoms with van der Waals surface area (Å²) in [6.07, 6.45) is 0. The molecule has 0 aliphatic rings. The minimum absolute atomic E-state index is 0.250. The first-order valence-electron chi connectivity index (χ1n) is 8.87. The number of rotatable bonds is 5. The van der Waals surface area contributed by atoms with Gasteiger partial charge in [-0.2, -0.15) is 4.98 Å². The Balaban J connectivity index is 1.66. The Morgan fingerprint density at radius 2 is 1.75 bits per heavy atom. The topological polar surface area (TPSA) is 49.8 Å². The Kier molecular flexibility index (Phi) is 5.08. The van der Waals surface area contributed by atoms with Crippen molar-refractivity contribution >= 4 is 40.0 Å². The van der Waals surface area contributed by atoms with Gasteiger partial charge in [0, 0.05) is 22.6 Å². The number of hydrogen-bond acceptors (Lipinski definition) is 4. The third-order valence-corrected chi connectivity index (χ3v) is 4.66. The van der Waals surface area contributed by atoms with E-state index >= 15 is 0 Å². The third-order valence-electron chi connectivity index (χ3n) is 4.42. The van der Waals surface area contributed by atoms with E-state index in [0.29, 0.717) is 23.3 Å². The van der Waals surface area contributed by atoms with Crippen molar-refractivity contribution in [2.75, 3.05) is 10.6 Å². The number of nitrogens with zero attached hydrogens (tertiary/aromatic N) is 2. The quantitative estimate of drug-likeness (QED) is 0.431. The molecule has 4 nitrogen and oxygen atoms in total. The first-order valence-corrected chi connectivity index (χ1v) is 9.24. The van der Waals surface area contributed by atoms with E-state index in [4.69, 9.17) is 11.6 Å². The van der Waals surface area contributed by atoms with Crippen molar-refractivity contribution in [3.8, 4) is 0 Å². The number of aryl methyl sites for hydroxylation is 1. The second kappa shape index (κ2) is 7.82. The van der Waals surface area contributed by atoms with E-state index in [0.717, 1.165) is 27.7 Å². The Labute approximate surface area is 167 Å². The number of benzene rings is 3. The molecule has 3 aromatic carbocycles. The maximum atomic E-state index is 13.1. The second-order valence-electron chi connectivity index (χ2n) is 6.48. The lowest BCUT2D eigenvalue weighted by Gasteiger charge is -2.13. The lowest BCUT2D eigenvalue weighted by atomic mass is 10.2. The molecular weight excluding hydrogens is 375 g/mol. The summed E-state index contributed by atoms with van der Waals surface area (Å²) < 4.78 is 13.1. The minimum Gasteiger partial charge on any atom is -0.365 e. The van der Waals surface area contributed by atoms with E-state index in [2.05, 4.69) is 20.6 Å². The molecule has 0 radical (unpaired) electrons. The van der Waals surface area contributed by atoms with Crippen LogP contribution in [0.2, 0.25) is 5.02 Å². The molecule has 2 N–H and O–H groups in total. The van der Waals surface area contributed by atoms with Gasteiger partial charge in [-0.15, -0.1) is 0 Å². The van der Waals surface area contributed by atoms with Crippen LogP contribution in [0.3, 0.4) is 0 Å². The van der Waals surface area contributed by atoms with Gasteiger partial charge in [0.05, 0.1) is 5.52 Å². The molecule has 0 aliphatic carbocycles. The summed E-state index contributed by atoms with van der Waals surface area (Å²) in [4.78, 5) is 9.26. The van der Waals surface area contributed by atoms with Crippen molar-refractivity contribution < 1.29 is 4.39 Å². The Morgan fingerprint density at radius 3 is 2.57 bits per heavy atom. The normalized spacial score (nSPS) is 10.8. The van der Waals surface area contributed by atoms with E-state index in [-0.39, 0.29) is 5.82 Å². The smallest absolute Gasteiger partial charge is 0.229 e. The molecular formula is C22H18ClFN4. The molecule has 0 amide bonds. The highest BCUT2D eigenvalue weighted by atomic mass is 35.5. The van der Waals surface area contributed by atoms with Crippen LogP contribution >= 0.6 is 11.6 Å². The number of anilines is 3.